The number of amides is 1. The molecule has 1 aromatic rings. The number of aryl methyl sites for hydroxylation is 2. The zero-order chi connectivity index (χ0) is 11.4. The van der Waals surface area contributed by atoms with E-state index >= 15 is 0 Å². The molecule has 4 heteroatoms. The summed E-state index contributed by atoms with van der Waals surface area (Å²) < 4.78 is 2.10. The van der Waals surface area contributed by atoms with Crippen molar-refractivity contribution in [1.82, 2.24) is 9.55 Å². The van der Waals surface area contributed by atoms with Crippen molar-refractivity contribution in [3.05, 3.63) is 11.5 Å². The van der Waals surface area contributed by atoms with Gasteiger partial charge in [0.2, 0.25) is 6.41 Å². The Labute approximate surface area is 90.9 Å². The number of carbonyl (C=O) groups is 1. The zero-order valence-electron chi connectivity index (χ0n) is 9.95. The van der Waals surface area contributed by atoms with E-state index in [2.05, 4.69) is 16.5 Å². The normalized spacial score (nSPS) is 10.4. The molecule has 0 saturated carbocycles. The Hall–Kier alpha value is -1.32. The van der Waals surface area contributed by atoms with E-state index in [1.54, 1.807) is 11.9 Å². The molecule has 1 amide bonds. The summed E-state index contributed by atoms with van der Waals surface area (Å²) in [5.41, 5.74) is 0.915. The molecule has 0 bridgehead atoms. The molecule has 84 valence electrons. The number of imidazole rings is 1. The Morgan fingerprint density at radius 1 is 1.47 bits per heavy atom. The van der Waals surface area contributed by atoms with Crippen molar-refractivity contribution in [1.29, 1.82) is 0 Å². The largest absolute Gasteiger partial charge is 0.315 e. The second-order valence-corrected chi connectivity index (χ2v) is 3.79. The number of aromatic nitrogens is 2. The van der Waals surface area contributed by atoms with Crippen LogP contribution < -0.4 is 4.90 Å². The highest BCUT2D eigenvalue weighted by molar-refractivity contribution is 5.73. The van der Waals surface area contributed by atoms with E-state index in [4.69, 9.17) is 0 Å². The number of hydrogen-bond acceptors (Lipinski definition) is 2. The number of unbranched alkanes of at least 4 members (excludes halogenated alkanes) is 1. The lowest BCUT2D eigenvalue weighted by Crippen LogP contribution is -2.19. The Balaban J connectivity index is 3.05. The fraction of sp³-hybridized carbons (Fsp3) is 0.636. The predicted octanol–water partition coefficient (Wildman–Crippen LogP) is 1.89. The lowest BCUT2D eigenvalue weighted by atomic mass is 10.3. The number of anilines is 1. The smallest absolute Gasteiger partial charge is 0.215 e. The highest BCUT2D eigenvalue weighted by Crippen LogP contribution is 2.20. The molecule has 0 saturated heterocycles. The molecule has 0 unspecified atom stereocenters. The Bertz CT molecular complexity index is 344. The maximum Gasteiger partial charge on any atom is 0.215 e. The first-order chi connectivity index (χ1) is 7.11. The summed E-state index contributed by atoms with van der Waals surface area (Å²) in [6, 6.07) is 0. The van der Waals surface area contributed by atoms with Crippen LogP contribution in [0.2, 0.25) is 0 Å². The number of nitrogens with zero attached hydrogens (tertiary/aromatic N) is 3. The highest BCUT2D eigenvalue weighted by atomic mass is 16.1. The minimum Gasteiger partial charge on any atom is -0.315 e. The van der Waals surface area contributed by atoms with Crippen molar-refractivity contribution >= 4 is 12.2 Å². The molecule has 1 aromatic heterocycles. The molecule has 0 spiro atoms. The molecule has 0 aliphatic heterocycles. The molecule has 4 nitrogen and oxygen atoms in total. The SMILES string of the molecule is CCCCn1c(C)nc(C)c1N(C)C=O. The Morgan fingerprint density at radius 3 is 2.67 bits per heavy atom. The van der Waals surface area contributed by atoms with Gasteiger partial charge in [-0.2, -0.15) is 0 Å². The second kappa shape index (κ2) is 4.96. The van der Waals surface area contributed by atoms with Crippen LogP contribution in [0, 0.1) is 13.8 Å². The van der Waals surface area contributed by atoms with Gasteiger partial charge in [0, 0.05) is 13.6 Å². The standard InChI is InChI=1S/C11H19N3O/c1-5-6-7-14-10(3)12-9(2)11(14)13(4)8-15/h8H,5-7H2,1-4H3. The van der Waals surface area contributed by atoms with Crippen molar-refractivity contribution < 1.29 is 4.79 Å². The van der Waals surface area contributed by atoms with Gasteiger partial charge >= 0.3 is 0 Å². The quantitative estimate of drug-likeness (QED) is 0.695. The van der Waals surface area contributed by atoms with Crippen LogP contribution in [-0.4, -0.2) is 23.0 Å². The molecular weight excluding hydrogens is 190 g/mol. The Morgan fingerprint density at radius 2 is 2.13 bits per heavy atom. The molecular formula is C11H19N3O. The van der Waals surface area contributed by atoms with E-state index in [1.165, 1.54) is 0 Å². The monoisotopic (exact) mass is 209 g/mol. The summed E-state index contributed by atoms with van der Waals surface area (Å²) in [6.45, 7) is 6.99. The molecule has 0 aromatic carbocycles. The van der Waals surface area contributed by atoms with Gasteiger partial charge < -0.3 is 9.47 Å². The third-order valence-electron chi connectivity index (χ3n) is 2.53. The van der Waals surface area contributed by atoms with E-state index in [-0.39, 0.29) is 0 Å². The van der Waals surface area contributed by atoms with Gasteiger partial charge in [-0.05, 0) is 20.3 Å². The van der Waals surface area contributed by atoms with E-state index in [9.17, 15) is 4.79 Å². The van der Waals surface area contributed by atoms with Crippen LogP contribution in [0.1, 0.15) is 31.3 Å². The van der Waals surface area contributed by atoms with Gasteiger partial charge in [-0.3, -0.25) is 4.79 Å². The molecule has 0 radical (unpaired) electrons. The van der Waals surface area contributed by atoms with Gasteiger partial charge in [0.15, 0.2) is 0 Å². The van der Waals surface area contributed by atoms with Gasteiger partial charge in [0.05, 0.1) is 5.69 Å². The van der Waals surface area contributed by atoms with Crippen molar-refractivity contribution in [2.75, 3.05) is 11.9 Å². The molecule has 0 N–H and O–H groups in total. The number of carbonyl (C=O) groups excluding carboxylic acids is 1. The zero-order valence-corrected chi connectivity index (χ0v) is 9.95. The minimum absolute atomic E-state index is 0.825. The van der Waals surface area contributed by atoms with E-state index < -0.39 is 0 Å². The highest BCUT2D eigenvalue weighted by Gasteiger charge is 2.14. The van der Waals surface area contributed by atoms with Crippen molar-refractivity contribution in [3.8, 4) is 0 Å². The molecule has 15 heavy (non-hydrogen) atoms. The van der Waals surface area contributed by atoms with Crippen LogP contribution in [0.15, 0.2) is 0 Å². The van der Waals surface area contributed by atoms with Crippen molar-refractivity contribution in [2.45, 2.75) is 40.2 Å². The van der Waals surface area contributed by atoms with Gasteiger partial charge in [-0.15, -0.1) is 0 Å². The average molecular weight is 209 g/mol. The van der Waals surface area contributed by atoms with Crippen LogP contribution in [0.25, 0.3) is 0 Å². The van der Waals surface area contributed by atoms with Crippen molar-refractivity contribution in [2.24, 2.45) is 0 Å². The topological polar surface area (TPSA) is 38.1 Å². The lowest BCUT2D eigenvalue weighted by Gasteiger charge is -2.15. The summed E-state index contributed by atoms with van der Waals surface area (Å²) in [5, 5.41) is 0. The molecule has 0 aliphatic carbocycles. The van der Waals surface area contributed by atoms with Gasteiger partial charge in [-0.1, -0.05) is 13.3 Å². The van der Waals surface area contributed by atoms with Gasteiger partial charge in [0.25, 0.3) is 0 Å². The first kappa shape index (κ1) is 11.8. The summed E-state index contributed by atoms with van der Waals surface area (Å²) in [5.74, 6) is 1.89. The second-order valence-electron chi connectivity index (χ2n) is 3.79. The Kier molecular flexibility index (Phi) is 3.88. The van der Waals surface area contributed by atoms with Gasteiger partial charge in [0.1, 0.15) is 11.6 Å². The third kappa shape index (κ3) is 2.37. The number of rotatable bonds is 5. The summed E-state index contributed by atoms with van der Waals surface area (Å²) in [4.78, 5) is 16.8. The lowest BCUT2D eigenvalue weighted by molar-refractivity contribution is -0.107. The first-order valence-electron chi connectivity index (χ1n) is 5.33. The number of hydrogen-bond donors (Lipinski definition) is 0. The van der Waals surface area contributed by atoms with Crippen LogP contribution >= 0.6 is 0 Å². The van der Waals surface area contributed by atoms with E-state index in [1.807, 2.05) is 13.8 Å². The third-order valence-corrected chi connectivity index (χ3v) is 2.53. The maximum absolute atomic E-state index is 10.8. The van der Waals surface area contributed by atoms with Gasteiger partial charge in [-0.25, -0.2) is 4.98 Å². The maximum atomic E-state index is 10.8. The molecule has 0 aliphatic rings. The summed E-state index contributed by atoms with van der Waals surface area (Å²) in [7, 11) is 1.76. The molecule has 0 atom stereocenters. The van der Waals surface area contributed by atoms with Crippen LogP contribution in [-0.2, 0) is 11.3 Å². The van der Waals surface area contributed by atoms with Crippen LogP contribution in [0.5, 0.6) is 0 Å². The van der Waals surface area contributed by atoms with Crippen LogP contribution in [0.4, 0.5) is 5.82 Å². The van der Waals surface area contributed by atoms with E-state index in [0.29, 0.717) is 0 Å². The summed E-state index contributed by atoms with van der Waals surface area (Å²) in [6.07, 6.45) is 3.07. The van der Waals surface area contributed by atoms with E-state index in [0.717, 1.165) is 43.1 Å². The van der Waals surface area contributed by atoms with Crippen LogP contribution in [0.3, 0.4) is 0 Å². The van der Waals surface area contributed by atoms with Crippen molar-refractivity contribution in [3.63, 3.8) is 0 Å². The molecule has 1 heterocycles. The fourth-order valence-electron chi connectivity index (χ4n) is 1.78. The fourth-order valence-corrected chi connectivity index (χ4v) is 1.78. The predicted molar refractivity (Wildman–Crippen MR) is 61.1 cm³/mol. The molecule has 1 rings (SSSR count). The molecule has 0 fully saturated rings. The first-order valence-corrected chi connectivity index (χ1v) is 5.33. The average Bonchev–Trinajstić information content (AvgIpc) is 2.49. The summed E-state index contributed by atoms with van der Waals surface area (Å²) >= 11 is 0. The minimum atomic E-state index is 0.825.